The second kappa shape index (κ2) is 14.8. The number of nitrogens with zero attached hydrogens (tertiary/aromatic N) is 1. The molecule has 0 aliphatic heterocycles. The molecule has 10 nitrogen and oxygen atoms in total. The molecular weight excluding hydrogens is 574 g/mol. The van der Waals surface area contributed by atoms with Gasteiger partial charge in [0.25, 0.3) is 6.47 Å². The number of anilines is 1. The van der Waals surface area contributed by atoms with E-state index in [9.17, 15) is 24.6 Å². The summed E-state index contributed by atoms with van der Waals surface area (Å²) < 4.78 is 11.0. The number of carbonyl (C=O) groups is 2. The Morgan fingerprint density at radius 2 is 1.69 bits per heavy atom. The second-order valence-corrected chi connectivity index (χ2v) is 10.4. The summed E-state index contributed by atoms with van der Waals surface area (Å²) in [6, 6.07) is 30.6. The number of nitrogens with one attached hydrogen (secondary N) is 2. The Hall–Kier alpha value is -5.45. The zero-order valence-corrected chi connectivity index (χ0v) is 24.4. The van der Waals surface area contributed by atoms with Crippen molar-refractivity contribution in [2.45, 2.75) is 25.7 Å². The third kappa shape index (κ3) is 8.14. The maximum Gasteiger partial charge on any atom is 0.412 e. The number of hydrogen-bond acceptors (Lipinski definition) is 7. The van der Waals surface area contributed by atoms with Gasteiger partial charge in [0, 0.05) is 24.1 Å². The molecule has 1 atom stereocenters. The van der Waals surface area contributed by atoms with E-state index >= 15 is 0 Å². The summed E-state index contributed by atoms with van der Waals surface area (Å²) in [5, 5.41) is 24.5. The number of pyridine rings is 1. The minimum Gasteiger partial charge on any atom is -0.489 e. The van der Waals surface area contributed by atoms with Crippen LogP contribution in [0.4, 0.5) is 10.5 Å². The van der Waals surface area contributed by atoms with Gasteiger partial charge in [-0.2, -0.15) is 0 Å². The lowest BCUT2D eigenvalue weighted by molar-refractivity contribution is -0.120. The van der Waals surface area contributed by atoms with Crippen LogP contribution in [0.15, 0.2) is 108 Å². The predicted molar refractivity (Wildman–Crippen MR) is 171 cm³/mol. The number of aliphatic hydroxyl groups excluding tert-OH is 1. The van der Waals surface area contributed by atoms with Gasteiger partial charge in [0.05, 0.1) is 23.9 Å². The van der Waals surface area contributed by atoms with Crippen LogP contribution in [0.2, 0.25) is 0 Å². The Labute approximate surface area is 259 Å². The third-order valence-corrected chi connectivity index (χ3v) is 7.29. The first-order valence-electron chi connectivity index (χ1n) is 14.4. The summed E-state index contributed by atoms with van der Waals surface area (Å²) in [5.41, 5.74) is 4.08. The summed E-state index contributed by atoms with van der Waals surface area (Å²) in [6.07, 6.45) is -1.19. The molecule has 4 aromatic carbocycles. The van der Waals surface area contributed by atoms with Crippen LogP contribution in [0.3, 0.4) is 0 Å². The van der Waals surface area contributed by atoms with Crippen molar-refractivity contribution in [1.82, 2.24) is 10.3 Å². The van der Waals surface area contributed by atoms with Crippen molar-refractivity contribution >= 4 is 29.2 Å². The fraction of sp³-hybridized carbons (Fsp3) is 0.171. The van der Waals surface area contributed by atoms with Crippen LogP contribution < -0.4 is 25.2 Å². The van der Waals surface area contributed by atoms with Gasteiger partial charge in [-0.25, -0.2) is 4.79 Å². The van der Waals surface area contributed by atoms with E-state index in [0.717, 1.165) is 16.7 Å². The van der Waals surface area contributed by atoms with E-state index in [2.05, 4.69) is 16.4 Å². The van der Waals surface area contributed by atoms with Crippen LogP contribution in [0.1, 0.15) is 28.4 Å². The molecule has 5 aromatic rings. The van der Waals surface area contributed by atoms with Crippen molar-refractivity contribution < 1.29 is 29.3 Å². The number of aromatic nitrogens is 1. The monoisotopic (exact) mass is 607 g/mol. The minimum absolute atomic E-state index is 0.212. The molecule has 5 rings (SSSR count). The Morgan fingerprint density at radius 1 is 0.911 bits per heavy atom. The zero-order valence-electron chi connectivity index (χ0n) is 24.4. The molecule has 230 valence electrons. The van der Waals surface area contributed by atoms with Gasteiger partial charge in [-0.15, -0.1) is 0 Å². The highest BCUT2D eigenvalue weighted by Gasteiger charge is 2.16. The fourth-order valence-electron chi connectivity index (χ4n) is 5.09. The number of carbonyl (C=O) groups excluding carboxylic acids is 1. The summed E-state index contributed by atoms with van der Waals surface area (Å²) in [5.74, 6) is 0.777. The largest absolute Gasteiger partial charge is 0.489 e. The number of amides is 1. The normalized spacial score (nSPS) is 11.6. The summed E-state index contributed by atoms with van der Waals surface area (Å²) in [6.45, 7) is 1.72. The van der Waals surface area contributed by atoms with E-state index in [4.69, 9.17) is 9.47 Å². The Balaban J connectivity index is 1.15. The number of fused-ring (bicyclic) bond motifs is 1. The number of benzene rings is 4. The Morgan fingerprint density at radius 3 is 2.49 bits per heavy atom. The molecule has 0 fully saturated rings. The lowest BCUT2D eigenvalue weighted by atomic mass is 10.0. The van der Waals surface area contributed by atoms with Crippen molar-refractivity contribution in [2.75, 3.05) is 18.0 Å². The van der Waals surface area contributed by atoms with Crippen LogP contribution in [0.5, 0.6) is 11.5 Å². The molecule has 1 heterocycles. The molecule has 0 radical (unpaired) electrons. The number of carboxylic acid groups (broad SMARTS) is 1. The maximum absolute atomic E-state index is 12.0. The molecule has 0 unspecified atom stereocenters. The van der Waals surface area contributed by atoms with Crippen LogP contribution >= 0.6 is 0 Å². The van der Waals surface area contributed by atoms with Crippen molar-refractivity contribution in [3.63, 3.8) is 0 Å². The SMILES string of the molecule is O=COc1ccc([C@@H](O)CNCCc2cccc(COc3cccc(N(Cc4ccccc4)C(=O)O)c3)c2)c2ccc(=O)[nH]c12. The number of aromatic amines is 1. The van der Waals surface area contributed by atoms with Crippen molar-refractivity contribution in [3.8, 4) is 11.5 Å². The molecule has 1 amide bonds. The number of ether oxygens (including phenoxy) is 2. The Bertz CT molecular complexity index is 1820. The van der Waals surface area contributed by atoms with Gasteiger partial charge < -0.3 is 30.0 Å². The molecule has 45 heavy (non-hydrogen) atoms. The van der Waals surface area contributed by atoms with Gasteiger partial charge in [-0.3, -0.25) is 14.5 Å². The fourth-order valence-corrected chi connectivity index (χ4v) is 5.09. The van der Waals surface area contributed by atoms with E-state index in [-0.39, 0.29) is 24.4 Å². The van der Waals surface area contributed by atoms with E-state index < -0.39 is 12.2 Å². The van der Waals surface area contributed by atoms with Crippen LogP contribution in [-0.4, -0.2) is 40.9 Å². The van der Waals surface area contributed by atoms with Gasteiger partial charge in [0.15, 0.2) is 5.75 Å². The quantitative estimate of drug-likeness (QED) is 0.0998. The predicted octanol–water partition coefficient (Wildman–Crippen LogP) is 5.19. The zero-order chi connectivity index (χ0) is 31.6. The van der Waals surface area contributed by atoms with E-state index in [1.807, 2.05) is 48.5 Å². The molecule has 4 N–H and O–H groups in total. The Kier molecular flexibility index (Phi) is 10.2. The molecule has 0 bridgehead atoms. The van der Waals surface area contributed by atoms with E-state index in [0.29, 0.717) is 53.9 Å². The first kappa shape index (κ1) is 31.0. The molecule has 10 heteroatoms. The minimum atomic E-state index is -1.04. The van der Waals surface area contributed by atoms with Crippen LogP contribution in [-0.2, 0) is 24.4 Å². The lowest BCUT2D eigenvalue weighted by Crippen LogP contribution is -2.28. The number of aliphatic hydroxyl groups is 1. The average Bonchev–Trinajstić information content (AvgIpc) is 3.05. The highest BCUT2D eigenvalue weighted by atomic mass is 16.5. The lowest BCUT2D eigenvalue weighted by Gasteiger charge is -2.20. The van der Waals surface area contributed by atoms with Gasteiger partial charge in [0.2, 0.25) is 5.56 Å². The average molecular weight is 608 g/mol. The van der Waals surface area contributed by atoms with Gasteiger partial charge in [-0.1, -0.05) is 66.7 Å². The molecule has 1 aromatic heterocycles. The van der Waals surface area contributed by atoms with Crippen molar-refractivity contribution in [3.05, 3.63) is 136 Å². The number of hydrogen-bond donors (Lipinski definition) is 4. The molecule has 0 aliphatic rings. The first-order valence-corrected chi connectivity index (χ1v) is 14.4. The highest BCUT2D eigenvalue weighted by Crippen LogP contribution is 2.29. The topological polar surface area (TPSA) is 141 Å². The van der Waals surface area contributed by atoms with Crippen molar-refractivity contribution in [2.24, 2.45) is 0 Å². The molecule has 0 saturated heterocycles. The molecule has 0 spiro atoms. The molecule has 0 saturated carbocycles. The summed E-state index contributed by atoms with van der Waals surface area (Å²) >= 11 is 0. The van der Waals surface area contributed by atoms with Gasteiger partial charge in [0.1, 0.15) is 12.4 Å². The number of rotatable bonds is 14. The van der Waals surface area contributed by atoms with Gasteiger partial charge in [-0.05, 0) is 59.5 Å². The highest BCUT2D eigenvalue weighted by molar-refractivity contribution is 5.88. The van der Waals surface area contributed by atoms with Crippen molar-refractivity contribution in [1.29, 1.82) is 0 Å². The smallest absolute Gasteiger partial charge is 0.412 e. The standard InChI is InChI=1S/C35H33N3O7/c39-23-45-32-14-12-29(30-13-15-33(41)37-34(30)32)31(40)20-36-17-16-24-8-4-9-26(18-24)22-44-28-11-5-10-27(19-28)38(35(42)43)21-25-6-2-1-3-7-25/h1-15,18-19,23,31,36,40H,16-17,20-22H2,(H,37,41)(H,42,43)/t31-/m0/s1. The second-order valence-electron chi connectivity index (χ2n) is 10.4. The molecular formula is C35H33N3O7. The van der Waals surface area contributed by atoms with Gasteiger partial charge >= 0.3 is 6.09 Å². The summed E-state index contributed by atoms with van der Waals surface area (Å²) in [4.78, 5) is 38.6. The van der Waals surface area contributed by atoms with Crippen LogP contribution in [0.25, 0.3) is 10.9 Å². The maximum atomic E-state index is 12.0. The van der Waals surface area contributed by atoms with E-state index in [1.165, 1.54) is 11.0 Å². The van der Waals surface area contributed by atoms with Crippen LogP contribution in [0, 0.1) is 0 Å². The first-order chi connectivity index (χ1) is 21.9. The summed E-state index contributed by atoms with van der Waals surface area (Å²) in [7, 11) is 0. The third-order valence-electron chi connectivity index (χ3n) is 7.29. The van der Waals surface area contributed by atoms with E-state index in [1.54, 1.807) is 42.5 Å². The number of H-pyrrole nitrogens is 1. The molecule has 0 aliphatic carbocycles.